The topological polar surface area (TPSA) is 50.1 Å². The summed E-state index contributed by atoms with van der Waals surface area (Å²) in [6.45, 7) is 2.86. The largest absolute Gasteiger partial charge is 0.416 e. The van der Waals surface area contributed by atoms with Crippen molar-refractivity contribution in [1.82, 2.24) is 5.32 Å². The van der Waals surface area contributed by atoms with Gasteiger partial charge in [0.25, 0.3) is 0 Å². The van der Waals surface area contributed by atoms with Crippen molar-refractivity contribution in [2.24, 2.45) is 5.73 Å². The van der Waals surface area contributed by atoms with Crippen molar-refractivity contribution in [2.75, 3.05) is 31.5 Å². The van der Waals surface area contributed by atoms with Crippen molar-refractivity contribution in [3.05, 3.63) is 29.8 Å². The fraction of sp³-hybridized carbons (Fsp3) is 0.538. The Bertz CT molecular complexity index is 366. The van der Waals surface area contributed by atoms with E-state index >= 15 is 0 Å². The first-order valence-corrected chi connectivity index (χ1v) is 6.36. The molecule has 3 nitrogen and oxygen atoms in total. The number of rotatable bonds is 8. The molecule has 108 valence electrons. The molecule has 0 amide bonds. The molecule has 4 N–H and O–H groups in total. The molecule has 0 saturated carbocycles. The van der Waals surface area contributed by atoms with Crippen molar-refractivity contribution < 1.29 is 13.2 Å². The number of alkyl halides is 3. The lowest BCUT2D eigenvalue weighted by Crippen LogP contribution is -2.23. The molecule has 0 aliphatic heterocycles. The Labute approximate surface area is 111 Å². The summed E-state index contributed by atoms with van der Waals surface area (Å²) >= 11 is 0. The summed E-state index contributed by atoms with van der Waals surface area (Å²) in [4.78, 5) is 0. The highest BCUT2D eigenvalue weighted by atomic mass is 19.4. The van der Waals surface area contributed by atoms with Crippen LogP contribution < -0.4 is 16.4 Å². The van der Waals surface area contributed by atoms with Crippen LogP contribution in [-0.4, -0.2) is 26.2 Å². The predicted molar refractivity (Wildman–Crippen MR) is 71.1 cm³/mol. The SMILES string of the molecule is NCCCCNCCNc1cccc(C(F)(F)F)c1. The van der Waals surface area contributed by atoms with Crippen LogP contribution in [0.1, 0.15) is 18.4 Å². The zero-order chi connectivity index (χ0) is 14.1. The first kappa shape index (κ1) is 15.8. The number of nitrogens with one attached hydrogen (secondary N) is 2. The molecule has 0 unspecified atom stereocenters. The molecule has 0 saturated heterocycles. The minimum absolute atomic E-state index is 0.485. The Balaban J connectivity index is 2.26. The van der Waals surface area contributed by atoms with E-state index in [1.165, 1.54) is 6.07 Å². The van der Waals surface area contributed by atoms with E-state index in [1.807, 2.05) is 0 Å². The van der Waals surface area contributed by atoms with Crippen LogP contribution in [0.15, 0.2) is 24.3 Å². The Kier molecular flexibility index (Phi) is 6.66. The Morgan fingerprint density at radius 2 is 1.84 bits per heavy atom. The summed E-state index contributed by atoms with van der Waals surface area (Å²) < 4.78 is 37.4. The minimum Gasteiger partial charge on any atom is -0.384 e. The molecule has 0 spiro atoms. The van der Waals surface area contributed by atoms with Crippen molar-refractivity contribution >= 4 is 5.69 Å². The fourth-order valence-corrected chi connectivity index (χ4v) is 1.62. The molecule has 0 atom stereocenters. The maximum absolute atomic E-state index is 12.5. The summed E-state index contributed by atoms with van der Waals surface area (Å²) in [5, 5.41) is 6.16. The minimum atomic E-state index is -4.29. The van der Waals surface area contributed by atoms with Gasteiger partial charge in [-0.15, -0.1) is 0 Å². The van der Waals surface area contributed by atoms with Crippen LogP contribution in [0, 0.1) is 0 Å². The molecule has 1 rings (SSSR count). The Hall–Kier alpha value is -1.27. The van der Waals surface area contributed by atoms with Crippen LogP contribution in [0.25, 0.3) is 0 Å². The molecular weight excluding hydrogens is 255 g/mol. The van der Waals surface area contributed by atoms with Crippen molar-refractivity contribution in [2.45, 2.75) is 19.0 Å². The fourth-order valence-electron chi connectivity index (χ4n) is 1.62. The molecule has 0 bridgehead atoms. The van der Waals surface area contributed by atoms with Crippen LogP contribution in [0.4, 0.5) is 18.9 Å². The maximum Gasteiger partial charge on any atom is 0.416 e. The van der Waals surface area contributed by atoms with Crippen LogP contribution in [0.3, 0.4) is 0 Å². The van der Waals surface area contributed by atoms with Gasteiger partial charge in [-0.2, -0.15) is 13.2 Å². The zero-order valence-corrected chi connectivity index (χ0v) is 10.8. The van der Waals surface area contributed by atoms with E-state index < -0.39 is 11.7 Å². The number of nitrogens with two attached hydrogens (primary N) is 1. The molecule has 0 heterocycles. The average Bonchev–Trinajstić information content (AvgIpc) is 2.37. The Morgan fingerprint density at radius 3 is 2.53 bits per heavy atom. The van der Waals surface area contributed by atoms with Gasteiger partial charge in [0.15, 0.2) is 0 Å². The highest BCUT2D eigenvalue weighted by Crippen LogP contribution is 2.30. The number of hydrogen-bond donors (Lipinski definition) is 3. The quantitative estimate of drug-likeness (QED) is 0.639. The number of unbranched alkanes of at least 4 members (excludes halogenated alkanes) is 1. The van der Waals surface area contributed by atoms with E-state index in [1.54, 1.807) is 6.07 Å². The summed E-state index contributed by atoms with van der Waals surface area (Å²) in [6.07, 6.45) is -2.30. The molecule has 0 aliphatic rings. The molecule has 1 aromatic rings. The first-order valence-electron chi connectivity index (χ1n) is 6.36. The van der Waals surface area contributed by atoms with E-state index in [9.17, 15) is 13.2 Å². The molecule has 0 fully saturated rings. The van der Waals surface area contributed by atoms with Gasteiger partial charge in [0.05, 0.1) is 5.56 Å². The lowest BCUT2D eigenvalue weighted by molar-refractivity contribution is -0.137. The maximum atomic E-state index is 12.5. The zero-order valence-electron chi connectivity index (χ0n) is 10.8. The standard InChI is InChI=1S/C13H20F3N3/c14-13(15,16)11-4-3-5-12(10-11)19-9-8-18-7-2-1-6-17/h3-5,10,18-19H,1-2,6-9,17H2. The third-order valence-corrected chi connectivity index (χ3v) is 2.63. The molecule has 0 aromatic heterocycles. The van der Waals surface area contributed by atoms with Gasteiger partial charge >= 0.3 is 6.18 Å². The van der Waals surface area contributed by atoms with E-state index in [-0.39, 0.29) is 0 Å². The van der Waals surface area contributed by atoms with Crippen molar-refractivity contribution in [3.63, 3.8) is 0 Å². The lowest BCUT2D eigenvalue weighted by atomic mass is 10.2. The lowest BCUT2D eigenvalue weighted by Gasteiger charge is -2.11. The smallest absolute Gasteiger partial charge is 0.384 e. The van der Waals surface area contributed by atoms with Crippen LogP contribution in [-0.2, 0) is 6.18 Å². The van der Waals surface area contributed by atoms with E-state index in [2.05, 4.69) is 10.6 Å². The molecule has 6 heteroatoms. The van der Waals surface area contributed by atoms with Gasteiger partial charge in [-0.05, 0) is 44.1 Å². The molecule has 19 heavy (non-hydrogen) atoms. The van der Waals surface area contributed by atoms with E-state index in [0.717, 1.165) is 31.5 Å². The van der Waals surface area contributed by atoms with E-state index in [4.69, 9.17) is 5.73 Å². The van der Waals surface area contributed by atoms with Gasteiger partial charge in [-0.1, -0.05) is 6.07 Å². The normalized spacial score (nSPS) is 11.6. The third-order valence-electron chi connectivity index (χ3n) is 2.63. The molecule has 0 radical (unpaired) electrons. The van der Waals surface area contributed by atoms with Crippen LogP contribution in [0.5, 0.6) is 0 Å². The predicted octanol–water partition coefficient (Wildman–Crippen LogP) is 2.45. The number of halogens is 3. The average molecular weight is 275 g/mol. The summed E-state index contributed by atoms with van der Waals surface area (Å²) in [7, 11) is 0. The second-order valence-electron chi connectivity index (χ2n) is 4.25. The molecule has 0 aliphatic carbocycles. The van der Waals surface area contributed by atoms with Gasteiger partial charge in [-0.25, -0.2) is 0 Å². The second kappa shape index (κ2) is 8.01. The monoisotopic (exact) mass is 275 g/mol. The Morgan fingerprint density at radius 1 is 1.05 bits per heavy atom. The van der Waals surface area contributed by atoms with Gasteiger partial charge < -0.3 is 16.4 Å². The highest BCUT2D eigenvalue weighted by Gasteiger charge is 2.30. The third kappa shape index (κ3) is 6.45. The highest BCUT2D eigenvalue weighted by molar-refractivity contribution is 5.46. The summed E-state index contributed by atoms with van der Waals surface area (Å²) in [6, 6.07) is 5.22. The van der Waals surface area contributed by atoms with Gasteiger partial charge in [0.2, 0.25) is 0 Å². The summed E-state index contributed by atoms with van der Waals surface area (Å²) in [5.74, 6) is 0. The van der Waals surface area contributed by atoms with Crippen molar-refractivity contribution in [1.29, 1.82) is 0 Å². The molecular formula is C13H20F3N3. The van der Waals surface area contributed by atoms with Gasteiger partial charge in [0.1, 0.15) is 0 Å². The van der Waals surface area contributed by atoms with Gasteiger partial charge in [-0.3, -0.25) is 0 Å². The van der Waals surface area contributed by atoms with Crippen LogP contribution >= 0.6 is 0 Å². The summed E-state index contributed by atoms with van der Waals surface area (Å²) in [5.41, 5.74) is 5.22. The van der Waals surface area contributed by atoms with Crippen LogP contribution in [0.2, 0.25) is 0 Å². The van der Waals surface area contributed by atoms with Gasteiger partial charge in [0, 0.05) is 18.8 Å². The van der Waals surface area contributed by atoms with E-state index in [0.29, 0.717) is 25.3 Å². The first-order chi connectivity index (χ1) is 9.04. The number of hydrogen-bond acceptors (Lipinski definition) is 3. The second-order valence-corrected chi connectivity index (χ2v) is 4.25. The molecule has 1 aromatic carbocycles. The number of benzene rings is 1. The number of anilines is 1. The van der Waals surface area contributed by atoms with Crippen molar-refractivity contribution in [3.8, 4) is 0 Å².